The highest BCUT2D eigenvalue weighted by atomic mass is 16.5. The van der Waals surface area contributed by atoms with E-state index in [0.717, 1.165) is 38.5 Å². The Labute approximate surface area is 128 Å². The first-order valence-electron chi connectivity index (χ1n) is 8.12. The van der Waals surface area contributed by atoms with E-state index >= 15 is 0 Å². The van der Waals surface area contributed by atoms with Crippen LogP contribution in [0.1, 0.15) is 72.6 Å². The number of carbonyl (C=O) groups excluding carboxylic acids is 2. The number of esters is 2. The van der Waals surface area contributed by atoms with Crippen LogP contribution in [0, 0.1) is 0 Å². The van der Waals surface area contributed by atoms with Crippen molar-refractivity contribution in [3.8, 4) is 0 Å². The summed E-state index contributed by atoms with van der Waals surface area (Å²) < 4.78 is 10.3. The van der Waals surface area contributed by atoms with Crippen molar-refractivity contribution in [2.24, 2.45) is 0 Å². The molecule has 0 aromatic carbocycles. The van der Waals surface area contributed by atoms with E-state index in [9.17, 15) is 9.59 Å². The number of unbranched alkanes of at least 4 members (excludes halogenated alkanes) is 3. The van der Waals surface area contributed by atoms with Crippen LogP contribution in [0.4, 0.5) is 0 Å². The highest BCUT2D eigenvalue weighted by Gasteiger charge is 2.19. The summed E-state index contributed by atoms with van der Waals surface area (Å²) >= 11 is 0. The summed E-state index contributed by atoms with van der Waals surface area (Å²) in [6.07, 6.45) is 6.34. The third kappa shape index (κ3) is 8.53. The number of hydrogen-bond acceptors (Lipinski definition) is 4. The normalized spacial score (nSPS) is 11.8. The summed E-state index contributed by atoms with van der Waals surface area (Å²) in [5.41, 5.74) is 0.863. The summed E-state index contributed by atoms with van der Waals surface area (Å²) in [6, 6.07) is 0. The Bertz CT molecular complexity index is 345. The number of hydrogen-bond donors (Lipinski definition) is 0. The van der Waals surface area contributed by atoms with E-state index < -0.39 is 5.97 Å². The van der Waals surface area contributed by atoms with Gasteiger partial charge in [0.05, 0.1) is 13.2 Å². The Hall–Kier alpha value is -1.32. The van der Waals surface area contributed by atoms with E-state index in [4.69, 9.17) is 9.47 Å². The lowest BCUT2D eigenvalue weighted by Crippen LogP contribution is -2.16. The molecule has 0 rings (SSSR count). The summed E-state index contributed by atoms with van der Waals surface area (Å²) in [7, 11) is 0. The maximum atomic E-state index is 12.1. The van der Waals surface area contributed by atoms with Crippen LogP contribution in [0.15, 0.2) is 11.1 Å². The molecule has 0 aliphatic heterocycles. The fraction of sp³-hybridized carbons (Fsp3) is 0.765. The van der Waals surface area contributed by atoms with Gasteiger partial charge in [-0.3, -0.25) is 0 Å². The molecule has 0 N–H and O–H groups in total. The van der Waals surface area contributed by atoms with Gasteiger partial charge in [-0.25, -0.2) is 9.59 Å². The first kappa shape index (κ1) is 19.7. The number of ether oxygens (including phenoxy) is 2. The van der Waals surface area contributed by atoms with E-state index in [2.05, 4.69) is 6.92 Å². The molecule has 21 heavy (non-hydrogen) atoms. The first-order chi connectivity index (χ1) is 10.1. The zero-order chi connectivity index (χ0) is 16.1. The van der Waals surface area contributed by atoms with Gasteiger partial charge in [-0.15, -0.1) is 0 Å². The molecule has 0 amide bonds. The van der Waals surface area contributed by atoms with E-state index in [1.807, 2.05) is 13.8 Å². The zero-order valence-electron chi connectivity index (χ0n) is 14.0. The molecular formula is C17H30O4. The second-order valence-electron chi connectivity index (χ2n) is 5.19. The standard InChI is InChI=1S/C17H30O4/c1-5-8-9-10-11-15(17(19)21-13-7-3)14(4)16(18)20-12-6-2/h5-13H2,1-4H3/b15-14-. The minimum atomic E-state index is -0.407. The minimum Gasteiger partial charge on any atom is -0.462 e. The number of carbonyl (C=O) groups is 2. The van der Waals surface area contributed by atoms with Crippen LogP contribution >= 0.6 is 0 Å². The molecule has 122 valence electrons. The Morgan fingerprint density at radius 3 is 1.86 bits per heavy atom. The lowest BCUT2D eigenvalue weighted by Gasteiger charge is -2.11. The number of rotatable bonds is 11. The topological polar surface area (TPSA) is 52.6 Å². The van der Waals surface area contributed by atoms with Gasteiger partial charge in [0.15, 0.2) is 0 Å². The predicted octanol–water partition coefficient (Wildman–Crippen LogP) is 4.18. The Kier molecular flexibility index (Phi) is 11.6. The van der Waals surface area contributed by atoms with Crippen molar-refractivity contribution in [3.63, 3.8) is 0 Å². The molecule has 0 spiro atoms. The fourth-order valence-electron chi connectivity index (χ4n) is 1.88. The van der Waals surface area contributed by atoms with Gasteiger partial charge in [0.25, 0.3) is 0 Å². The summed E-state index contributed by atoms with van der Waals surface area (Å²) in [4.78, 5) is 24.0. The van der Waals surface area contributed by atoms with Crippen molar-refractivity contribution in [3.05, 3.63) is 11.1 Å². The van der Waals surface area contributed by atoms with Gasteiger partial charge < -0.3 is 9.47 Å². The van der Waals surface area contributed by atoms with E-state index in [-0.39, 0.29) is 5.97 Å². The van der Waals surface area contributed by atoms with Crippen molar-refractivity contribution in [1.82, 2.24) is 0 Å². The molecule has 4 nitrogen and oxygen atoms in total. The smallest absolute Gasteiger partial charge is 0.334 e. The lowest BCUT2D eigenvalue weighted by molar-refractivity contribution is -0.142. The van der Waals surface area contributed by atoms with Crippen LogP contribution in [0.25, 0.3) is 0 Å². The predicted molar refractivity (Wildman–Crippen MR) is 84.0 cm³/mol. The van der Waals surface area contributed by atoms with E-state index in [1.165, 1.54) is 0 Å². The van der Waals surface area contributed by atoms with Crippen molar-refractivity contribution in [2.45, 2.75) is 72.6 Å². The molecular weight excluding hydrogens is 268 g/mol. The van der Waals surface area contributed by atoms with Gasteiger partial charge in [-0.05, 0) is 32.6 Å². The SMILES string of the molecule is CCCCCC/C(C(=O)OCCC)=C(\C)C(=O)OCCC. The average molecular weight is 298 g/mol. The van der Waals surface area contributed by atoms with Gasteiger partial charge in [0.1, 0.15) is 0 Å². The first-order valence-corrected chi connectivity index (χ1v) is 8.12. The second-order valence-corrected chi connectivity index (χ2v) is 5.19. The van der Waals surface area contributed by atoms with Gasteiger partial charge in [-0.2, -0.15) is 0 Å². The van der Waals surface area contributed by atoms with Crippen LogP contribution in [-0.4, -0.2) is 25.2 Å². The molecule has 0 bridgehead atoms. The minimum absolute atomic E-state index is 0.376. The maximum absolute atomic E-state index is 12.1. The maximum Gasteiger partial charge on any atom is 0.334 e. The molecule has 0 atom stereocenters. The summed E-state index contributed by atoms with van der Waals surface area (Å²) in [5.74, 6) is -0.782. The second kappa shape index (κ2) is 12.4. The zero-order valence-corrected chi connectivity index (χ0v) is 14.0. The quantitative estimate of drug-likeness (QED) is 0.326. The lowest BCUT2D eigenvalue weighted by atomic mass is 10.0. The van der Waals surface area contributed by atoms with Gasteiger partial charge in [0, 0.05) is 11.1 Å². The Balaban J connectivity index is 4.81. The molecule has 0 aliphatic carbocycles. The molecule has 0 fully saturated rings. The Morgan fingerprint density at radius 2 is 1.33 bits per heavy atom. The molecule has 4 heteroatoms. The van der Waals surface area contributed by atoms with Crippen LogP contribution in [0.3, 0.4) is 0 Å². The average Bonchev–Trinajstić information content (AvgIpc) is 2.49. The van der Waals surface area contributed by atoms with Gasteiger partial charge in [0.2, 0.25) is 0 Å². The molecule has 0 unspecified atom stereocenters. The van der Waals surface area contributed by atoms with E-state index in [1.54, 1.807) is 6.92 Å². The van der Waals surface area contributed by atoms with Crippen LogP contribution < -0.4 is 0 Å². The largest absolute Gasteiger partial charge is 0.462 e. The van der Waals surface area contributed by atoms with Crippen LogP contribution in [-0.2, 0) is 19.1 Å². The van der Waals surface area contributed by atoms with Crippen molar-refractivity contribution in [2.75, 3.05) is 13.2 Å². The highest BCUT2D eigenvalue weighted by Crippen LogP contribution is 2.17. The van der Waals surface area contributed by atoms with Crippen molar-refractivity contribution < 1.29 is 19.1 Å². The van der Waals surface area contributed by atoms with Crippen LogP contribution in [0.2, 0.25) is 0 Å². The molecule has 0 aromatic heterocycles. The van der Waals surface area contributed by atoms with Gasteiger partial charge in [-0.1, -0.05) is 40.0 Å². The fourth-order valence-corrected chi connectivity index (χ4v) is 1.88. The molecule has 0 heterocycles. The molecule has 0 saturated carbocycles. The van der Waals surface area contributed by atoms with Crippen molar-refractivity contribution in [1.29, 1.82) is 0 Å². The van der Waals surface area contributed by atoms with Crippen LogP contribution in [0.5, 0.6) is 0 Å². The molecule has 0 saturated heterocycles. The molecule has 0 radical (unpaired) electrons. The third-order valence-corrected chi connectivity index (χ3v) is 3.16. The third-order valence-electron chi connectivity index (χ3n) is 3.16. The summed E-state index contributed by atoms with van der Waals surface area (Å²) in [6.45, 7) is 8.44. The molecule has 0 aromatic rings. The highest BCUT2D eigenvalue weighted by molar-refractivity contribution is 5.99. The van der Waals surface area contributed by atoms with Crippen molar-refractivity contribution >= 4 is 11.9 Å². The summed E-state index contributed by atoms with van der Waals surface area (Å²) in [5, 5.41) is 0. The Morgan fingerprint density at radius 1 is 0.762 bits per heavy atom. The molecule has 0 aliphatic rings. The van der Waals surface area contributed by atoms with E-state index in [0.29, 0.717) is 30.8 Å². The monoisotopic (exact) mass is 298 g/mol. The van der Waals surface area contributed by atoms with Gasteiger partial charge >= 0.3 is 11.9 Å².